The number of nitrogens with zero attached hydrogens (tertiary/aromatic N) is 2. The number of carbonyl (C=O) groups is 1. The van der Waals surface area contributed by atoms with Gasteiger partial charge in [0.05, 0.1) is 0 Å². The smallest absolute Gasteiger partial charge is 0.328 e. The second-order valence-corrected chi connectivity index (χ2v) is 5.01. The van der Waals surface area contributed by atoms with Crippen LogP contribution in [-0.2, 0) is 11.3 Å². The van der Waals surface area contributed by atoms with Gasteiger partial charge in [0.2, 0.25) is 5.91 Å². The van der Waals surface area contributed by atoms with Crippen molar-refractivity contribution in [2.45, 2.75) is 32.5 Å². The zero-order chi connectivity index (χ0) is 14.0. The Morgan fingerprint density at radius 3 is 2.53 bits per heavy atom. The molecule has 7 nitrogen and oxygen atoms in total. The average Bonchev–Trinajstić information content (AvgIpc) is 2.31. The number of aromatic nitrogens is 2. The Labute approximate surface area is 110 Å². The zero-order valence-corrected chi connectivity index (χ0v) is 11.0. The van der Waals surface area contributed by atoms with Crippen LogP contribution < -0.4 is 16.6 Å². The lowest BCUT2D eigenvalue weighted by Crippen LogP contribution is -2.56. The third kappa shape index (κ3) is 3.31. The maximum atomic E-state index is 12.1. The minimum atomic E-state index is -0.558. The number of amides is 1. The summed E-state index contributed by atoms with van der Waals surface area (Å²) in [5.41, 5.74) is -1.02. The van der Waals surface area contributed by atoms with E-state index in [1.165, 1.54) is 16.8 Å². The van der Waals surface area contributed by atoms with Gasteiger partial charge in [-0.15, -0.1) is 0 Å². The molecule has 1 aliphatic rings. The molecule has 0 aromatic carbocycles. The first-order chi connectivity index (χ1) is 8.95. The van der Waals surface area contributed by atoms with Crippen molar-refractivity contribution < 1.29 is 4.79 Å². The first kappa shape index (κ1) is 13.5. The van der Waals surface area contributed by atoms with E-state index in [1.54, 1.807) is 4.90 Å². The van der Waals surface area contributed by atoms with E-state index in [4.69, 9.17) is 0 Å². The van der Waals surface area contributed by atoms with Crippen LogP contribution in [0.25, 0.3) is 0 Å². The van der Waals surface area contributed by atoms with Crippen molar-refractivity contribution in [3.63, 3.8) is 0 Å². The first-order valence-corrected chi connectivity index (χ1v) is 6.29. The molecule has 7 heteroatoms. The van der Waals surface area contributed by atoms with Crippen molar-refractivity contribution in [1.29, 1.82) is 0 Å². The van der Waals surface area contributed by atoms with Crippen LogP contribution in [0, 0.1) is 0 Å². The van der Waals surface area contributed by atoms with Gasteiger partial charge in [0.15, 0.2) is 0 Å². The Bertz CT molecular complexity index is 567. The van der Waals surface area contributed by atoms with Crippen molar-refractivity contribution in [3.05, 3.63) is 33.1 Å². The number of rotatable bonds is 2. The molecule has 1 aliphatic heterocycles. The molecule has 2 unspecified atom stereocenters. The monoisotopic (exact) mass is 266 g/mol. The second kappa shape index (κ2) is 5.40. The molecule has 1 saturated heterocycles. The van der Waals surface area contributed by atoms with Gasteiger partial charge < -0.3 is 10.2 Å². The third-order valence-electron chi connectivity index (χ3n) is 3.11. The molecule has 1 aromatic heterocycles. The highest BCUT2D eigenvalue weighted by Gasteiger charge is 2.24. The van der Waals surface area contributed by atoms with Gasteiger partial charge in [-0.1, -0.05) is 0 Å². The molecule has 1 amide bonds. The summed E-state index contributed by atoms with van der Waals surface area (Å²) in [5, 5.41) is 3.34. The van der Waals surface area contributed by atoms with Crippen LogP contribution in [0.3, 0.4) is 0 Å². The molecule has 1 fully saturated rings. The van der Waals surface area contributed by atoms with Crippen LogP contribution in [-0.4, -0.2) is 45.5 Å². The van der Waals surface area contributed by atoms with Gasteiger partial charge >= 0.3 is 5.69 Å². The summed E-state index contributed by atoms with van der Waals surface area (Å²) in [6, 6.07) is 1.71. The Morgan fingerprint density at radius 2 is 1.95 bits per heavy atom. The quantitative estimate of drug-likeness (QED) is 0.700. The maximum Gasteiger partial charge on any atom is 0.328 e. The van der Waals surface area contributed by atoms with E-state index >= 15 is 0 Å². The van der Waals surface area contributed by atoms with Crippen LogP contribution in [0.1, 0.15) is 13.8 Å². The number of nitrogens with one attached hydrogen (secondary N) is 2. The molecule has 0 radical (unpaired) electrons. The van der Waals surface area contributed by atoms with Crippen LogP contribution in [0.5, 0.6) is 0 Å². The first-order valence-electron chi connectivity index (χ1n) is 6.29. The number of hydrogen-bond acceptors (Lipinski definition) is 4. The summed E-state index contributed by atoms with van der Waals surface area (Å²) >= 11 is 0. The summed E-state index contributed by atoms with van der Waals surface area (Å²) < 4.78 is 1.21. The topological polar surface area (TPSA) is 87.2 Å². The fraction of sp³-hybridized carbons (Fsp3) is 0.583. The minimum absolute atomic E-state index is 0.0466. The second-order valence-electron chi connectivity index (χ2n) is 5.01. The van der Waals surface area contributed by atoms with E-state index in [0.29, 0.717) is 13.1 Å². The average molecular weight is 266 g/mol. The van der Waals surface area contributed by atoms with Gasteiger partial charge in [-0.05, 0) is 13.8 Å². The lowest BCUT2D eigenvalue weighted by molar-refractivity contribution is -0.133. The number of H-pyrrole nitrogens is 1. The van der Waals surface area contributed by atoms with E-state index in [2.05, 4.69) is 10.3 Å². The molecule has 2 rings (SSSR count). The molecule has 0 aliphatic carbocycles. The van der Waals surface area contributed by atoms with Crippen LogP contribution >= 0.6 is 0 Å². The van der Waals surface area contributed by atoms with Crippen molar-refractivity contribution in [3.8, 4) is 0 Å². The van der Waals surface area contributed by atoms with E-state index in [-0.39, 0.29) is 24.5 Å². The third-order valence-corrected chi connectivity index (χ3v) is 3.11. The molecule has 1 aromatic rings. The largest absolute Gasteiger partial charge is 0.338 e. The molecule has 2 N–H and O–H groups in total. The number of aromatic amines is 1. The lowest BCUT2D eigenvalue weighted by atomic mass is 10.1. The molecule has 0 spiro atoms. The SMILES string of the molecule is CC1CN(C(=O)Cn2ccc(=O)[nH]c2=O)CC(C)N1. The summed E-state index contributed by atoms with van der Waals surface area (Å²) in [6.45, 7) is 5.24. The number of carbonyl (C=O) groups excluding carboxylic acids is 1. The van der Waals surface area contributed by atoms with Gasteiger partial charge in [-0.2, -0.15) is 0 Å². The predicted octanol–water partition coefficient (Wildman–Crippen LogP) is -1.25. The van der Waals surface area contributed by atoms with Crippen molar-refractivity contribution in [2.75, 3.05) is 13.1 Å². The fourth-order valence-electron chi connectivity index (χ4n) is 2.34. The van der Waals surface area contributed by atoms with Crippen LogP contribution in [0.15, 0.2) is 21.9 Å². The molecule has 104 valence electrons. The van der Waals surface area contributed by atoms with Gasteiger partial charge in [0.25, 0.3) is 5.56 Å². The van der Waals surface area contributed by atoms with Crippen molar-refractivity contribution in [2.24, 2.45) is 0 Å². The molecule has 2 atom stereocenters. The Kier molecular flexibility index (Phi) is 3.84. The standard InChI is InChI=1S/C12H18N4O3/c1-8-5-16(6-9(2)13-8)11(18)7-15-4-3-10(17)14-12(15)19/h3-4,8-9,13H,5-7H2,1-2H3,(H,14,17,19). The summed E-state index contributed by atoms with van der Waals surface area (Å²) in [6.07, 6.45) is 1.34. The molecule has 0 bridgehead atoms. The Morgan fingerprint density at radius 1 is 1.32 bits per heavy atom. The van der Waals surface area contributed by atoms with E-state index < -0.39 is 11.2 Å². The highest BCUT2D eigenvalue weighted by molar-refractivity contribution is 5.76. The van der Waals surface area contributed by atoms with E-state index in [9.17, 15) is 14.4 Å². The highest BCUT2D eigenvalue weighted by Crippen LogP contribution is 2.04. The van der Waals surface area contributed by atoms with E-state index in [0.717, 1.165) is 0 Å². The lowest BCUT2D eigenvalue weighted by Gasteiger charge is -2.36. The number of piperazine rings is 1. The van der Waals surface area contributed by atoms with Gasteiger partial charge in [-0.25, -0.2) is 4.79 Å². The molecular formula is C12H18N4O3. The van der Waals surface area contributed by atoms with Gasteiger partial charge in [0, 0.05) is 37.4 Å². The minimum Gasteiger partial charge on any atom is -0.338 e. The van der Waals surface area contributed by atoms with Crippen LogP contribution in [0.4, 0.5) is 0 Å². The summed E-state index contributed by atoms with van der Waals surface area (Å²) in [7, 11) is 0. The van der Waals surface area contributed by atoms with Crippen molar-refractivity contribution in [1.82, 2.24) is 19.8 Å². The summed E-state index contributed by atoms with van der Waals surface area (Å²) in [5.74, 6) is -0.116. The Balaban J connectivity index is 2.08. The molecule has 19 heavy (non-hydrogen) atoms. The maximum absolute atomic E-state index is 12.1. The highest BCUT2D eigenvalue weighted by atomic mass is 16.2. The van der Waals surface area contributed by atoms with E-state index in [1.807, 2.05) is 13.8 Å². The number of hydrogen-bond donors (Lipinski definition) is 2. The van der Waals surface area contributed by atoms with Crippen molar-refractivity contribution >= 4 is 5.91 Å². The molecule has 2 heterocycles. The van der Waals surface area contributed by atoms with Gasteiger partial charge in [0.1, 0.15) is 6.54 Å². The molecular weight excluding hydrogens is 248 g/mol. The zero-order valence-electron chi connectivity index (χ0n) is 11.0. The van der Waals surface area contributed by atoms with Gasteiger partial charge in [-0.3, -0.25) is 19.1 Å². The molecule has 0 saturated carbocycles. The fourth-order valence-corrected chi connectivity index (χ4v) is 2.34. The predicted molar refractivity (Wildman–Crippen MR) is 70.0 cm³/mol. The normalized spacial score (nSPS) is 23.4. The summed E-state index contributed by atoms with van der Waals surface area (Å²) in [4.78, 5) is 38.5. The van der Waals surface area contributed by atoms with Crippen LogP contribution in [0.2, 0.25) is 0 Å². The Hall–Kier alpha value is -1.89.